The van der Waals surface area contributed by atoms with Crippen molar-refractivity contribution in [3.05, 3.63) is 53.3 Å². The summed E-state index contributed by atoms with van der Waals surface area (Å²) in [5.41, 5.74) is 14.5. The number of pyridine rings is 1. The van der Waals surface area contributed by atoms with Crippen LogP contribution in [0.15, 0.2) is 36.5 Å². The van der Waals surface area contributed by atoms with Gasteiger partial charge in [0.1, 0.15) is 0 Å². The molecule has 0 bridgehead atoms. The Labute approximate surface area is 111 Å². The van der Waals surface area contributed by atoms with Crippen LogP contribution in [0.3, 0.4) is 0 Å². The molecule has 98 valence electrons. The summed E-state index contributed by atoms with van der Waals surface area (Å²) in [6, 6.07) is 9.01. The number of hydrogen-bond donors (Lipinski definition) is 3. The number of aryl methyl sites for hydroxylation is 1. The van der Waals surface area contributed by atoms with Gasteiger partial charge in [0.05, 0.1) is 17.8 Å². The Morgan fingerprint density at radius 1 is 1.37 bits per heavy atom. The first kappa shape index (κ1) is 12.9. The van der Waals surface area contributed by atoms with Crippen LogP contribution in [-0.2, 0) is 6.54 Å². The highest BCUT2D eigenvalue weighted by Gasteiger charge is 2.07. The number of carbonyl (C=O) groups excluding carboxylic acids is 1. The largest absolute Gasteiger partial charge is 0.398 e. The predicted octanol–water partition coefficient (Wildman–Crippen LogP) is 1.68. The number of amides is 1. The first-order valence-electron chi connectivity index (χ1n) is 5.91. The van der Waals surface area contributed by atoms with Crippen LogP contribution in [0.4, 0.5) is 11.4 Å². The molecule has 0 aliphatic rings. The Balaban J connectivity index is 2.14. The second-order valence-corrected chi connectivity index (χ2v) is 4.29. The van der Waals surface area contributed by atoms with Crippen molar-refractivity contribution >= 4 is 17.3 Å². The van der Waals surface area contributed by atoms with Crippen molar-refractivity contribution in [1.82, 2.24) is 4.98 Å². The maximum Gasteiger partial charge on any atom is 0.250 e. The summed E-state index contributed by atoms with van der Waals surface area (Å²) in [4.78, 5) is 15.5. The third-order valence-electron chi connectivity index (χ3n) is 2.90. The normalized spacial score (nSPS) is 10.2. The van der Waals surface area contributed by atoms with Gasteiger partial charge in [0.2, 0.25) is 0 Å². The van der Waals surface area contributed by atoms with Crippen molar-refractivity contribution in [3.63, 3.8) is 0 Å². The topological polar surface area (TPSA) is 94.0 Å². The highest BCUT2D eigenvalue weighted by Crippen LogP contribution is 2.18. The molecule has 1 aromatic heterocycles. The summed E-state index contributed by atoms with van der Waals surface area (Å²) in [6.45, 7) is 2.58. The van der Waals surface area contributed by atoms with E-state index < -0.39 is 5.91 Å². The molecule has 19 heavy (non-hydrogen) atoms. The van der Waals surface area contributed by atoms with E-state index in [0.717, 1.165) is 16.9 Å². The lowest BCUT2D eigenvalue weighted by atomic mass is 10.1. The molecule has 0 aliphatic heterocycles. The molecule has 0 saturated heterocycles. The van der Waals surface area contributed by atoms with Crippen molar-refractivity contribution in [2.45, 2.75) is 13.5 Å². The second-order valence-electron chi connectivity index (χ2n) is 4.29. The van der Waals surface area contributed by atoms with Gasteiger partial charge in [-0.15, -0.1) is 0 Å². The molecule has 5 nitrogen and oxygen atoms in total. The molecule has 0 unspecified atom stereocenters. The fourth-order valence-corrected chi connectivity index (χ4v) is 1.77. The molecule has 0 aliphatic carbocycles. The molecule has 0 atom stereocenters. The van der Waals surface area contributed by atoms with E-state index in [9.17, 15) is 4.79 Å². The Hall–Kier alpha value is -2.56. The molecule has 2 aromatic rings. The molecule has 1 heterocycles. The van der Waals surface area contributed by atoms with E-state index in [-0.39, 0.29) is 0 Å². The number of nitrogen functional groups attached to an aromatic ring is 1. The van der Waals surface area contributed by atoms with Crippen LogP contribution in [0.5, 0.6) is 0 Å². The molecule has 0 saturated carbocycles. The molecule has 5 N–H and O–H groups in total. The lowest BCUT2D eigenvalue weighted by molar-refractivity contribution is 0.100. The zero-order valence-corrected chi connectivity index (χ0v) is 10.7. The van der Waals surface area contributed by atoms with Crippen molar-refractivity contribution in [3.8, 4) is 0 Å². The monoisotopic (exact) mass is 256 g/mol. The van der Waals surface area contributed by atoms with Crippen LogP contribution < -0.4 is 16.8 Å². The summed E-state index contributed by atoms with van der Waals surface area (Å²) in [5, 5.41) is 3.20. The van der Waals surface area contributed by atoms with Gasteiger partial charge in [0.15, 0.2) is 0 Å². The van der Waals surface area contributed by atoms with Gasteiger partial charge in [0.25, 0.3) is 5.91 Å². The summed E-state index contributed by atoms with van der Waals surface area (Å²) >= 11 is 0. The third-order valence-corrected chi connectivity index (χ3v) is 2.90. The van der Waals surface area contributed by atoms with Gasteiger partial charge in [-0.3, -0.25) is 9.78 Å². The molecule has 0 spiro atoms. The van der Waals surface area contributed by atoms with Crippen LogP contribution in [0.25, 0.3) is 0 Å². The van der Waals surface area contributed by atoms with Crippen LogP contribution in [0.1, 0.15) is 21.6 Å². The van der Waals surface area contributed by atoms with Gasteiger partial charge in [0, 0.05) is 17.6 Å². The summed E-state index contributed by atoms with van der Waals surface area (Å²) in [6.07, 6.45) is 1.75. The van der Waals surface area contributed by atoms with Crippen molar-refractivity contribution in [2.24, 2.45) is 5.73 Å². The number of primary amides is 1. The Bertz CT molecular complexity index is 610. The molecule has 1 aromatic carbocycles. The molecule has 0 radical (unpaired) electrons. The van der Waals surface area contributed by atoms with Gasteiger partial charge in [-0.2, -0.15) is 0 Å². The van der Waals surface area contributed by atoms with Gasteiger partial charge in [-0.1, -0.05) is 6.07 Å². The van der Waals surface area contributed by atoms with E-state index in [1.54, 1.807) is 24.4 Å². The summed E-state index contributed by atoms with van der Waals surface area (Å²) in [7, 11) is 0. The average molecular weight is 256 g/mol. The number of nitrogens with zero attached hydrogens (tertiary/aromatic N) is 1. The molecule has 0 fully saturated rings. The summed E-state index contributed by atoms with van der Waals surface area (Å²) < 4.78 is 0. The quantitative estimate of drug-likeness (QED) is 0.725. The van der Waals surface area contributed by atoms with Crippen LogP contribution in [0, 0.1) is 6.92 Å². The van der Waals surface area contributed by atoms with E-state index in [1.807, 2.05) is 19.1 Å². The smallest absolute Gasteiger partial charge is 0.250 e. The van der Waals surface area contributed by atoms with E-state index in [2.05, 4.69) is 10.3 Å². The highest BCUT2D eigenvalue weighted by molar-refractivity contribution is 5.98. The van der Waals surface area contributed by atoms with Crippen LogP contribution in [-0.4, -0.2) is 10.9 Å². The minimum Gasteiger partial charge on any atom is -0.398 e. The first-order chi connectivity index (χ1) is 9.08. The molecule has 5 heteroatoms. The first-order valence-corrected chi connectivity index (χ1v) is 5.91. The SMILES string of the molecule is Cc1cccnc1CNc1ccc(N)c(C(N)=O)c1. The molecule has 1 amide bonds. The number of nitrogens with one attached hydrogen (secondary N) is 1. The zero-order chi connectivity index (χ0) is 13.8. The molecule has 2 rings (SSSR count). The summed E-state index contributed by atoms with van der Waals surface area (Å²) in [5.74, 6) is -0.532. The molecular weight excluding hydrogens is 240 g/mol. The van der Waals surface area contributed by atoms with Crippen molar-refractivity contribution in [1.29, 1.82) is 0 Å². The minimum absolute atomic E-state index is 0.322. The predicted molar refractivity (Wildman–Crippen MR) is 75.7 cm³/mol. The number of benzene rings is 1. The van der Waals surface area contributed by atoms with Gasteiger partial charge in [-0.25, -0.2) is 0 Å². The van der Waals surface area contributed by atoms with Gasteiger partial charge < -0.3 is 16.8 Å². The van der Waals surface area contributed by atoms with Gasteiger partial charge in [-0.05, 0) is 36.8 Å². The molecular formula is C14H16N4O. The fourth-order valence-electron chi connectivity index (χ4n) is 1.77. The number of nitrogens with two attached hydrogens (primary N) is 2. The maximum atomic E-state index is 11.2. The zero-order valence-electron chi connectivity index (χ0n) is 10.7. The van der Waals surface area contributed by atoms with Crippen molar-refractivity contribution < 1.29 is 4.79 Å². The number of anilines is 2. The lowest BCUT2D eigenvalue weighted by Gasteiger charge is -2.10. The Kier molecular flexibility index (Phi) is 3.66. The number of aromatic nitrogens is 1. The third kappa shape index (κ3) is 3.01. The van der Waals surface area contributed by atoms with Crippen LogP contribution in [0.2, 0.25) is 0 Å². The minimum atomic E-state index is -0.532. The highest BCUT2D eigenvalue weighted by atomic mass is 16.1. The standard InChI is InChI=1S/C14H16N4O/c1-9-3-2-6-17-13(9)8-18-10-4-5-12(15)11(7-10)14(16)19/h2-7,18H,8,15H2,1H3,(H2,16,19). The maximum absolute atomic E-state index is 11.2. The van der Waals surface area contributed by atoms with Gasteiger partial charge >= 0.3 is 0 Å². The second kappa shape index (κ2) is 5.39. The lowest BCUT2D eigenvalue weighted by Crippen LogP contribution is -2.14. The van der Waals surface area contributed by atoms with E-state index in [1.165, 1.54) is 0 Å². The Morgan fingerprint density at radius 2 is 2.16 bits per heavy atom. The number of hydrogen-bond acceptors (Lipinski definition) is 4. The van der Waals surface area contributed by atoms with Crippen molar-refractivity contribution in [2.75, 3.05) is 11.1 Å². The van der Waals surface area contributed by atoms with Crippen LogP contribution >= 0.6 is 0 Å². The average Bonchev–Trinajstić information content (AvgIpc) is 2.39. The van der Waals surface area contributed by atoms with E-state index in [4.69, 9.17) is 11.5 Å². The Morgan fingerprint density at radius 3 is 2.84 bits per heavy atom. The van der Waals surface area contributed by atoms with E-state index >= 15 is 0 Å². The fraction of sp³-hybridized carbons (Fsp3) is 0.143. The van der Waals surface area contributed by atoms with E-state index in [0.29, 0.717) is 17.8 Å². The number of carbonyl (C=O) groups is 1. The number of rotatable bonds is 4.